The lowest BCUT2D eigenvalue weighted by atomic mass is 10.2. The van der Waals surface area contributed by atoms with Crippen LogP contribution in [0.1, 0.15) is 36.0 Å². The molecule has 0 radical (unpaired) electrons. The van der Waals surface area contributed by atoms with Crippen LogP contribution in [0.4, 0.5) is 0 Å². The number of amides is 2. The summed E-state index contributed by atoms with van der Waals surface area (Å²) in [4.78, 5) is 29.3. The van der Waals surface area contributed by atoms with Gasteiger partial charge in [0.15, 0.2) is 0 Å². The number of carbonyl (C=O) groups excluding carboxylic acids is 2. The number of rotatable bonds is 4. The number of pyridine rings is 1. The summed E-state index contributed by atoms with van der Waals surface area (Å²) in [5, 5.41) is 2.81. The predicted molar refractivity (Wildman–Crippen MR) is 71.6 cm³/mol. The van der Waals surface area contributed by atoms with Crippen LogP contribution in [0.5, 0.6) is 0 Å². The Kier molecular flexibility index (Phi) is 4.89. The van der Waals surface area contributed by atoms with Crippen molar-refractivity contribution in [1.29, 1.82) is 0 Å². The topological polar surface area (TPSA) is 62.3 Å². The molecule has 102 valence electrons. The van der Waals surface area contributed by atoms with Crippen LogP contribution >= 0.6 is 0 Å². The third-order valence-corrected chi connectivity index (χ3v) is 3.26. The van der Waals surface area contributed by atoms with Crippen molar-refractivity contribution >= 4 is 11.8 Å². The van der Waals surface area contributed by atoms with E-state index >= 15 is 0 Å². The zero-order valence-electron chi connectivity index (χ0n) is 11.0. The van der Waals surface area contributed by atoms with Crippen LogP contribution in [-0.2, 0) is 4.79 Å². The second-order valence-corrected chi connectivity index (χ2v) is 4.69. The SMILES string of the molecule is O=C(NCCN1CCCCCC1=O)c1cccnc1. The van der Waals surface area contributed by atoms with E-state index in [0.29, 0.717) is 25.1 Å². The highest BCUT2D eigenvalue weighted by molar-refractivity contribution is 5.93. The number of nitrogens with zero attached hydrogens (tertiary/aromatic N) is 2. The van der Waals surface area contributed by atoms with Crippen LogP contribution in [0.25, 0.3) is 0 Å². The summed E-state index contributed by atoms with van der Waals surface area (Å²) in [5.74, 6) is 0.0588. The zero-order chi connectivity index (χ0) is 13.5. The van der Waals surface area contributed by atoms with Gasteiger partial charge in [-0.3, -0.25) is 14.6 Å². The maximum absolute atomic E-state index is 11.8. The van der Waals surface area contributed by atoms with Crippen molar-refractivity contribution in [2.24, 2.45) is 0 Å². The lowest BCUT2D eigenvalue weighted by molar-refractivity contribution is -0.130. The third-order valence-electron chi connectivity index (χ3n) is 3.26. The van der Waals surface area contributed by atoms with Crippen molar-refractivity contribution in [2.75, 3.05) is 19.6 Å². The first-order valence-electron chi connectivity index (χ1n) is 6.73. The molecule has 2 heterocycles. The molecule has 1 aromatic rings. The fourth-order valence-corrected chi connectivity index (χ4v) is 2.18. The smallest absolute Gasteiger partial charge is 0.252 e. The summed E-state index contributed by atoms with van der Waals surface area (Å²) in [5.41, 5.74) is 0.546. The molecule has 5 heteroatoms. The van der Waals surface area contributed by atoms with Crippen LogP contribution in [0, 0.1) is 0 Å². The second kappa shape index (κ2) is 6.87. The Morgan fingerprint density at radius 1 is 1.37 bits per heavy atom. The molecule has 1 fully saturated rings. The largest absolute Gasteiger partial charge is 0.350 e. The average molecular weight is 261 g/mol. The minimum Gasteiger partial charge on any atom is -0.350 e. The predicted octanol–water partition coefficient (Wildman–Crippen LogP) is 1.21. The van der Waals surface area contributed by atoms with E-state index in [4.69, 9.17) is 0 Å². The van der Waals surface area contributed by atoms with Crippen molar-refractivity contribution in [2.45, 2.75) is 25.7 Å². The Labute approximate surface area is 113 Å². The van der Waals surface area contributed by atoms with Crippen LogP contribution in [0.15, 0.2) is 24.5 Å². The number of hydrogen-bond acceptors (Lipinski definition) is 3. The molecule has 1 aromatic heterocycles. The van der Waals surface area contributed by atoms with Crippen LogP contribution in [-0.4, -0.2) is 41.3 Å². The molecule has 0 bridgehead atoms. The van der Waals surface area contributed by atoms with Gasteiger partial charge < -0.3 is 10.2 Å². The maximum Gasteiger partial charge on any atom is 0.252 e. The molecule has 19 heavy (non-hydrogen) atoms. The van der Waals surface area contributed by atoms with E-state index in [1.165, 1.54) is 6.20 Å². The molecule has 1 aliphatic rings. The van der Waals surface area contributed by atoms with Gasteiger partial charge >= 0.3 is 0 Å². The molecule has 2 rings (SSSR count). The number of carbonyl (C=O) groups is 2. The average Bonchev–Trinajstić information content (AvgIpc) is 2.65. The Morgan fingerprint density at radius 3 is 3.05 bits per heavy atom. The molecule has 2 amide bonds. The van der Waals surface area contributed by atoms with Crippen LogP contribution in [0.2, 0.25) is 0 Å². The van der Waals surface area contributed by atoms with Crippen molar-refractivity contribution < 1.29 is 9.59 Å². The lowest BCUT2D eigenvalue weighted by Gasteiger charge is -2.20. The van der Waals surface area contributed by atoms with Crippen molar-refractivity contribution in [3.63, 3.8) is 0 Å². The van der Waals surface area contributed by atoms with Gasteiger partial charge in [-0.25, -0.2) is 0 Å². The van der Waals surface area contributed by atoms with E-state index in [-0.39, 0.29) is 11.8 Å². The molecule has 0 aromatic carbocycles. The molecule has 1 N–H and O–H groups in total. The van der Waals surface area contributed by atoms with E-state index in [1.807, 2.05) is 4.90 Å². The molecule has 0 aliphatic carbocycles. The van der Waals surface area contributed by atoms with Gasteiger partial charge in [0.2, 0.25) is 5.91 Å². The molecule has 0 saturated carbocycles. The highest BCUT2D eigenvalue weighted by atomic mass is 16.2. The molecule has 0 unspecified atom stereocenters. The summed E-state index contributed by atoms with van der Waals surface area (Å²) in [6.07, 6.45) is 6.96. The highest BCUT2D eigenvalue weighted by Crippen LogP contribution is 2.10. The summed E-state index contributed by atoms with van der Waals surface area (Å²) in [6, 6.07) is 3.45. The van der Waals surface area contributed by atoms with E-state index in [9.17, 15) is 9.59 Å². The van der Waals surface area contributed by atoms with Crippen LogP contribution in [0.3, 0.4) is 0 Å². The molecule has 5 nitrogen and oxygen atoms in total. The minimum absolute atomic E-state index is 0.143. The number of nitrogens with one attached hydrogen (secondary N) is 1. The number of aromatic nitrogens is 1. The van der Waals surface area contributed by atoms with E-state index < -0.39 is 0 Å². The number of hydrogen-bond donors (Lipinski definition) is 1. The summed E-state index contributed by atoms with van der Waals surface area (Å²) in [6.45, 7) is 1.88. The van der Waals surface area contributed by atoms with E-state index in [1.54, 1.807) is 18.3 Å². The number of likely N-dealkylation sites (tertiary alicyclic amines) is 1. The van der Waals surface area contributed by atoms with Gasteiger partial charge in [-0.2, -0.15) is 0 Å². The monoisotopic (exact) mass is 261 g/mol. The van der Waals surface area contributed by atoms with Gasteiger partial charge in [0.1, 0.15) is 0 Å². The highest BCUT2D eigenvalue weighted by Gasteiger charge is 2.16. The Balaban J connectivity index is 1.77. The van der Waals surface area contributed by atoms with Gasteiger partial charge in [0, 0.05) is 38.4 Å². The standard InChI is InChI=1S/C14H19N3O2/c18-13-6-2-1-3-9-17(13)10-8-16-14(19)12-5-4-7-15-11-12/h4-5,7,11H,1-3,6,8-10H2,(H,16,19). The van der Waals surface area contributed by atoms with Gasteiger partial charge in [0.05, 0.1) is 5.56 Å². The summed E-state index contributed by atoms with van der Waals surface area (Å²) in [7, 11) is 0. The van der Waals surface area contributed by atoms with Crippen molar-refractivity contribution in [1.82, 2.24) is 15.2 Å². The zero-order valence-corrected chi connectivity index (χ0v) is 11.0. The first kappa shape index (κ1) is 13.5. The first-order valence-corrected chi connectivity index (χ1v) is 6.73. The molecule has 0 spiro atoms. The Hall–Kier alpha value is -1.91. The first-order chi connectivity index (χ1) is 9.27. The van der Waals surface area contributed by atoms with Crippen molar-refractivity contribution in [3.05, 3.63) is 30.1 Å². The van der Waals surface area contributed by atoms with E-state index in [2.05, 4.69) is 10.3 Å². The molecule has 1 saturated heterocycles. The fraction of sp³-hybridized carbons (Fsp3) is 0.500. The normalized spacial score (nSPS) is 16.0. The van der Waals surface area contributed by atoms with Gasteiger partial charge in [-0.05, 0) is 25.0 Å². The third kappa shape index (κ3) is 4.05. The summed E-state index contributed by atoms with van der Waals surface area (Å²) >= 11 is 0. The van der Waals surface area contributed by atoms with Crippen LogP contribution < -0.4 is 5.32 Å². The quantitative estimate of drug-likeness (QED) is 0.886. The maximum atomic E-state index is 11.8. The Morgan fingerprint density at radius 2 is 2.26 bits per heavy atom. The molecular formula is C14H19N3O2. The van der Waals surface area contributed by atoms with E-state index in [0.717, 1.165) is 25.8 Å². The Bertz CT molecular complexity index is 434. The lowest BCUT2D eigenvalue weighted by Crippen LogP contribution is -2.38. The van der Waals surface area contributed by atoms with Gasteiger partial charge in [0.25, 0.3) is 5.91 Å². The fourth-order valence-electron chi connectivity index (χ4n) is 2.18. The summed E-state index contributed by atoms with van der Waals surface area (Å²) < 4.78 is 0. The molecular weight excluding hydrogens is 242 g/mol. The van der Waals surface area contributed by atoms with Gasteiger partial charge in [-0.1, -0.05) is 6.42 Å². The minimum atomic E-state index is -0.143. The van der Waals surface area contributed by atoms with Crippen molar-refractivity contribution in [3.8, 4) is 0 Å². The molecule has 0 atom stereocenters. The molecule has 1 aliphatic heterocycles. The second-order valence-electron chi connectivity index (χ2n) is 4.69. The van der Waals surface area contributed by atoms with Gasteiger partial charge in [-0.15, -0.1) is 0 Å².